The molecule has 0 aromatic carbocycles. The minimum absolute atomic E-state index is 0.00329. The first-order valence-corrected chi connectivity index (χ1v) is 6.52. The van der Waals surface area contributed by atoms with Crippen LogP contribution in [0.3, 0.4) is 0 Å². The smallest absolute Gasteiger partial charge is 0.142 e. The molecule has 98 valence electrons. The molecule has 1 aliphatic rings. The first kappa shape index (κ1) is 14.4. The summed E-state index contributed by atoms with van der Waals surface area (Å²) >= 11 is 0. The van der Waals surface area contributed by atoms with Gasteiger partial charge in [0.05, 0.1) is 0 Å². The van der Waals surface area contributed by atoms with Crippen molar-refractivity contribution in [2.45, 2.75) is 41.0 Å². The molecular formula is C14H25NO2. The number of ketones is 2. The zero-order chi connectivity index (χ0) is 13.2. The van der Waals surface area contributed by atoms with E-state index in [0.717, 1.165) is 19.5 Å². The Kier molecular flexibility index (Phi) is 4.48. The third-order valence-corrected chi connectivity index (χ3v) is 3.43. The van der Waals surface area contributed by atoms with E-state index in [-0.39, 0.29) is 34.7 Å². The molecule has 0 amide bonds. The van der Waals surface area contributed by atoms with Crippen LogP contribution in [0.1, 0.15) is 41.0 Å². The van der Waals surface area contributed by atoms with Gasteiger partial charge in [0.2, 0.25) is 0 Å². The molecule has 0 radical (unpaired) electrons. The zero-order valence-electron chi connectivity index (χ0n) is 11.7. The Bertz CT molecular complexity index is 302. The van der Waals surface area contributed by atoms with Gasteiger partial charge in [-0.05, 0) is 6.42 Å². The predicted molar refractivity (Wildman–Crippen MR) is 68.8 cm³/mol. The molecule has 0 spiro atoms. The van der Waals surface area contributed by atoms with Gasteiger partial charge in [0, 0.05) is 36.3 Å². The van der Waals surface area contributed by atoms with E-state index in [4.69, 9.17) is 0 Å². The van der Waals surface area contributed by atoms with Crippen molar-refractivity contribution < 1.29 is 9.59 Å². The van der Waals surface area contributed by atoms with Crippen molar-refractivity contribution in [2.75, 3.05) is 13.1 Å². The molecule has 1 aliphatic heterocycles. The maximum absolute atomic E-state index is 12.2. The summed E-state index contributed by atoms with van der Waals surface area (Å²) in [4.78, 5) is 24.2. The molecule has 0 aliphatic carbocycles. The largest absolute Gasteiger partial charge is 0.315 e. The summed E-state index contributed by atoms with van der Waals surface area (Å²) in [6.07, 6.45) is 0.722. The third kappa shape index (κ3) is 3.63. The van der Waals surface area contributed by atoms with E-state index in [2.05, 4.69) is 5.32 Å². The van der Waals surface area contributed by atoms with E-state index in [1.165, 1.54) is 0 Å². The summed E-state index contributed by atoms with van der Waals surface area (Å²) < 4.78 is 0. The van der Waals surface area contributed by atoms with E-state index in [1.807, 2.05) is 34.6 Å². The Labute approximate surface area is 104 Å². The Hall–Kier alpha value is -0.700. The molecule has 0 saturated carbocycles. The van der Waals surface area contributed by atoms with Crippen molar-refractivity contribution in [1.82, 2.24) is 5.32 Å². The normalized spacial score (nSPS) is 26.0. The van der Waals surface area contributed by atoms with Crippen molar-refractivity contribution in [3.63, 3.8) is 0 Å². The summed E-state index contributed by atoms with van der Waals surface area (Å²) in [7, 11) is 0. The van der Waals surface area contributed by atoms with Crippen molar-refractivity contribution in [1.29, 1.82) is 0 Å². The lowest BCUT2D eigenvalue weighted by molar-refractivity contribution is -0.133. The van der Waals surface area contributed by atoms with Crippen LogP contribution in [0.15, 0.2) is 0 Å². The lowest BCUT2D eigenvalue weighted by Crippen LogP contribution is -2.46. The summed E-state index contributed by atoms with van der Waals surface area (Å²) in [5, 5.41) is 3.23. The molecule has 1 rings (SSSR count). The van der Waals surface area contributed by atoms with Gasteiger partial charge in [0.15, 0.2) is 0 Å². The van der Waals surface area contributed by atoms with Gasteiger partial charge in [-0.2, -0.15) is 0 Å². The first-order valence-electron chi connectivity index (χ1n) is 6.52. The van der Waals surface area contributed by atoms with E-state index in [9.17, 15) is 9.59 Å². The molecule has 3 nitrogen and oxygen atoms in total. The van der Waals surface area contributed by atoms with Gasteiger partial charge in [-0.15, -0.1) is 0 Å². The second kappa shape index (κ2) is 5.30. The average molecular weight is 239 g/mol. The minimum Gasteiger partial charge on any atom is -0.315 e. The summed E-state index contributed by atoms with van der Waals surface area (Å²) in [5.41, 5.74) is -0.310. The van der Waals surface area contributed by atoms with Crippen LogP contribution in [0.4, 0.5) is 0 Å². The van der Waals surface area contributed by atoms with Crippen LogP contribution in [0.2, 0.25) is 0 Å². The maximum Gasteiger partial charge on any atom is 0.142 e. The molecule has 2 atom stereocenters. The van der Waals surface area contributed by atoms with Crippen LogP contribution in [-0.2, 0) is 9.59 Å². The number of Topliss-reactive ketones (excluding diaryl/α,β-unsaturated/α-hetero) is 2. The summed E-state index contributed by atoms with van der Waals surface area (Å²) in [6, 6.07) is 0. The number of rotatable bonds is 3. The quantitative estimate of drug-likeness (QED) is 0.820. The van der Waals surface area contributed by atoms with Gasteiger partial charge < -0.3 is 5.32 Å². The second-order valence-electron chi connectivity index (χ2n) is 6.46. The molecule has 1 N–H and O–H groups in total. The highest BCUT2D eigenvalue weighted by Crippen LogP contribution is 2.27. The van der Waals surface area contributed by atoms with Gasteiger partial charge in [-0.1, -0.05) is 34.6 Å². The first-order chi connectivity index (χ1) is 7.73. The molecule has 1 heterocycles. The van der Waals surface area contributed by atoms with E-state index >= 15 is 0 Å². The SMILES string of the molecule is CC(C)C(=O)[C@@H]1CNC[C@H](C(=O)C(C)(C)C)C1. The molecule has 1 fully saturated rings. The lowest BCUT2D eigenvalue weighted by atomic mass is 9.76. The van der Waals surface area contributed by atoms with Crippen LogP contribution in [-0.4, -0.2) is 24.7 Å². The van der Waals surface area contributed by atoms with Gasteiger partial charge >= 0.3 is 0 Å². The fourth-order valence-electron chi connectivity index (χ4n) is 2.44. The fourth-order valence-corrected chi connectivity index (χ4v) is 2.44. The number of hydrogen-bond acceptors (Lipinski definition) is 3. The Morgan fingerprint density at radius 1 is 1.12 bits per heavy atom. The van der Waals surface area contributed by atoms with Crippen LogP contribution in [0, 0.1) is 23.2 Å². The highest BCUT2D eigenvalue weighted by molar-refractivity contribution is 5.88. The number of hydrogen-bond donors (Lipinski definition) is 1. The monoisotopic (exact) mass is 239 g/mol. The Morgan fingerprint density at radius 2 is 1.65 bits per heavy atom. The number of carbonyl (C=O) groups is 2. The molecule has 1 saturated heterocycles. The van der Waals surface area contributed by atoms with Crippen LogP contribution >= 0.6 is 0 Å². The number of nitrogens with one attached hydrogen (secondary N) is 1. The second-order valence-corrected chi connectivity index (χ2v) is 6.46. The summed E-state index contributed by atoms with van der Waals surface area (Å²) in [5.74, 6) is 0.622. The van der Waals surface area contributed by atoms with Crippen molar-refractivity contribution in [2.24, 2.45) is 23.2 Å². The van der Waals surface area contributed by atoms with Crippen molar-refractivity contribution in [3.8, 4) is 0 Å². The molecule has 0 unspecified atom stereocenters. The lowest BCUT2D eigenvalue weighted by Gasteiger charge is -2.32. The topological polar surface area (TPSA) is 46.2 Å². The van der Waals surface area contributed by atoms with Crippen molar-refractivity contribution >= 4 is 11.6 Å². The van der Waals surface area contributed by atoms with Gasteiger partial charge in [-0.3, -0.25) is 9.59 Å². The third-order valence-electron chi connectivity index (χ3n) is 3.43. The number of carbonyl (C=O) groups excluding carboxylic acids is 2. The van der Waals surface area contributed by atoms with Crippen LogP contribution in [0.5, 0.6) is 0 Å². The Morgan fingerprint density at radius 3 is 2.12 bits per heavy atom. The predicted octanol–water partition coefficient (Wildman–Crippen LogP) is 2.05. The van der Waals surface area contributed by atoms with E-state index in [1.54, 1.807) is 0 Å². The zero-order valence-corrected chi connectivity index (χ0v) is 11.7. The van der Waals surface area contributed by atoms with Crippen LogP contribution in [0.25, 0.3) is 0 Å². The fraction of sp³-hybridized carbons (Fsp3) is 0.857. The van der Waals surface area contributed by atoms with Crippen LogP contribution < -0.4 is 5.32 Å². The van der Waals surface area contributed by atoms with Crippen molar-refractivity contribution in [3.05, 3.63) is 0 Å². The van der Waals surface area contributed by atoms with E-state index in [0.29, 0.717) is 0 Å². The maximum atomic E-state index is 12.2. The minimum atomic E-state index is -0.310. The van der Waals surface area contributed by atoms with Gasteiger partial charge in [0.1, 0.15) is 11.6 Å². The Balaban J connectivity index is 2.67. The van der Waals surface area contributed by atoms with Gasteiger partial charge in [-0.25, -0.2) is 0 Å². The highest BCUT2D eigenvalue weighted by atomic mass is 16.1. The standard InChI is InChI=1S/C14H25NO2/c1-9(2)12(16)10-6-11(8-15-7-10)13(17)14(3,4)5/h9-11,15H,6-8H2,1-5H3/t10-,11+/m0/s1. The van der Waals surface area contributed by atoms with E-state index < -0.39 is 0 Å². The highest BCUT2D eigenvalue weighted by Gasteiger charge is 2.35. The summed E-state index contributed by atoms with van der Waals surface area (Å²) in [6.45, 7) is 11.1. The molecule has 0 aromatic rings. The molecule has 0 bridgehead atoms. The molecule has 0 aromatic heterocycles. The molecule has 3 heteroatoms. The molecular weight excluding hydrogens is 214 g/mol. The molecule has 17 heavy (non-hydrogen) atoms. The average Bonchev–Trinajstić information content (AvgIpc) is 2.25. The van der Waals surface area contributed by atoms with Gasteiger partial charge in [0.25, 0.3) is 0 Å². The number of piperidine rings is 1.